The van der Waals surface area contributed by atoms with Crippen molar-refractivity contribution in [3.05, 3.63) is 36.0 Å². The summed E-state index contributed by atoms with van der Waals surface area (Å²) in [6.45, 7) is 0. The van der Waals surface area contributed by atoms with E-state index in [9.17, 15) is 9.90 Å². The van der Waals surface area contributed by atoms with Gasteiger partial charge in [0.05, 0.1) is 16.9 Å². The second kappa shape index (κ2) is 4.12. The van der Waals surface area contributed by atoms with Crippen LogP contribution in [0, 0.1) is 0 Å². The van der Waals surface area contributed by atoms with Crippen LogP contribution >= 0.6 is 0 Å². The summed E-state index contributed by atoms with van der Waals surface area (Å²) < 4.78 is 3.44. The van der Waals surface area contributed by atoms with Crippen LogP contribution in [-0.4, -0.2) is 30.5 Å². The van der Waals surface area contributed by atoms with Gasteiger partial charge in [-0.3, -0.25) is 4.68 Å². The van der Waals surface area contributed by atoms with Crippen molar-refractivity contribution in [1.29, 1.82) is 0 Å². The second-order valence-electron chi connectivity index (χ2n) is 4.68. The fourth-order valence-corrected chi connectivity index (χ4v) is 2.38. The average Bonchev–Trinajstić information content (AvgIpc) is 2.92. The van der Waals surface area contributed by atoms with Crippen LogP contribution in [0.15, 0.2) is 30.3 Å². The number of phenols is 1. The number of phenolic OH excluding ortho intramolecular Hbond substituents is 1. The molecule has 1 aromatic carbocycles. The molecule has 0 fully saturated rings. The molecule has 3 aromatic rings. The van der Waals surface area contributed by atoms with E-state index in [1.807, 2.05) is 23.7 Å². The Labute approximate surface area is 114 Å². The summed E-state index contributed by atoms with van der Waals surface area (Å²) in [6, 6.07) is 8.60. The summed E-state index contributed by atoms with van der Waals surface area (Å²) in [5.41, 5.74) is 2.43. The maximum Gasteiger partial charge on any atom is 0.356 e. The number of carbonyl (C=O) groups is 1. The zero-order chi connectivity index (χ0) is 14.4. The lowest BCUT2D eigenvalue weighted by Crippen LogP contribution is -2.00. The summed E-state index contributed by atoms with van der Waals surface area (Å²) in [7, 11) is 3.57. The van der Waals surface area contributed by atoms with Crippen molar-refractivity contribution >= 4 is 16.9 Å². The van der Waals surface area contributed by atoms with E-state index in [1.165, 1.54) is 10.7 Å². The molecule has 0 aliphatic carbocycles. The number of aromatic hydroxyl groups is 1. The molecule has 6 heteroatoms. The van der Waals surface area contributed by atoms with Crippen LogP contribution in [0.1, 0.15) is 10.5 Å². The Bertz CT molecular complexity index is 830. The highest BCUT2D eigenvalue weighted by molar-refractivity contribution is 5.90. The van der Waals surface area contributed by atoms with Crippen LogP contribution in [-0.2, 0) is 14.1 Å². The number of nitrogens with zero attached hydrogens (tertiary/aromatic N) is 3. The predicted octanol–water partition coefficient (Wildman–Crippen LogP) is 1.98. The number of benzene rings is 1. The topological polar surface area (TPSA) is 80.3 Å². The van der Waals surface area contributed by atoms with Gasteiger partial charge in [0.25, 0.3) is 0 Å². The Kier molecular flexibility index (Phi) is 2.53. The number of carboxylic acids is 1. The first-order chi connectivity index (χ1) is 9.47. The van der Waals surface area contributed by atoms with Gasteiger partial charge in [0.15, 0.2) is 5.69 Å². The number of hydrogen-bond donors (Lipinski definition) is 2. The maximum absolute atomic E-state index is 11.0. The molecule has 20 heavy (non-hydrogen) atoms. The molecular formula is C14H13N3O3. The molecule has 0 unspecified atom stereocenters. The Morgan fingerprint density at radius 2 is 1.90 bits per heavy atom. The summed E-state index contributed by atoms with van der Waals surface area (Å²) >= 11 is 0. The van der Waals surface area contributed by atoms with E-state index in [2.05, 4.69) is 5.10 Å². The molecule has 0 aliphatic heterocycles. The van der Waals surface area contributed by atoms with Gasteiger partial charge in [-0.05, 0) is 18.2 Å². The standard InChI is InChI=1S/C14H13N3O3/c1-16-11-6-9(18)4-3-8(11)5-12(16)13-7-10(14(19)20)15-17(13)2/h3-7,18H,1-2H3,(H,19,20). The molecule has 102 valence electrons. The highest BCUT2D eigenvalue weighted by atomic mass is 16.4. The summed E-state index contributed by atoms with van der Waals surface area (Å²) in [5, 5.41) is 23.5. The maximum atomic E-state index is 11.0. The van der Waals surface area contributed by atoms with Gasteiger partial charge in [0.2, 0.25) is 0 Å². The third-order valence-corrected chi connectivity index (χ3v) is 3.39. The van der Waals surface area contributed by atoms with Gasteiger partial charge in [-0.15, -0.1) is 0 Å². The number of aryl methyl sites for hydroxylation is 2. The smallest absolute Gasteiger partial charge is 0.356 e. The highest BCUT2D eigenvalue weighted by Crippen LogP contribution is 2.29. The van der Waals surface area contributed by atoms with Crippen LogP contribution in [0.2, 0.25) is 0 Å². The zero-order valence-corrected chi connectivity index (χ0v) is 11.0. The van der Waals surface area contributed by atoms with Crippen molar-refractivity contribution in [1.82, 2.24) is 14.3 Å². The monoisotopic (exact) mass is 271 g/mol. The molecule has 0 radical (unpaired) electrons. The lowest BCUT2D eigenvalue weighted by molar-refractivity contribution is 0.0689. The van der Waals surface area contributed by atoms with Crippen LogP contribution in [0.25, 0.3) is 22.3 Å². The minimum absolute atomic E-state index is 0.00982. The minimum Gasteiger partial charge on any atom is -0.508 e. The SMILES string of the molecule is Cn1nc(C(=O)O)cc1-c1cc2ccc(O)cc2n1C. The molecule has 0 aliphatic rings. The first kappa shape index (κ1) is 12.3. The van der Waals surface area contributed by atoms with Crippen LogP contribution in [0.3, 0.4) is 0 Å². The largest absolute Gasteiger partial charge is 0.508 e. The number of aromatic nitrogens is 3. The van der Waals surface area contributed by atoms with Gasteiger partial charge in [0, 0.05) is 31.6 Å². The van der Waals surface area contributed by atoms with Gasteiger partial charge in [-0.2, -0.15) is 5.10 Å². The molecule has 2 aromatic heterocycles. The third kappa shape index (κ3) is 1.73. The Morgan fingerprint density at radius 1 is 1.15 bits per heavy atom. The molecule has 2 heterocycles. The van der Waals surface area contributed by atoms with Crippen LogP contribution in [0.4, 0.5) is 0 Å². The lowest BCUT2D eigenvalue weighted by atomic mass is 10.2. The van der Waals surface area contributed by atoms with Crippen molar-refractivity contribution in [2.75, 3.05) is 0 Å². The van der Waals surface area contributed by atoms with Crippen molar-refractivity contribution in [3.8, 4) is 17.1 Å². The number of rotatable bonds is 2. The second-order valence-corrected chi connectivity index (χ2v) is 4.68. The van der Waals surface area contributed by atoms with E-state index in [-0.39, 0.29) is 11.4 Å². The molecule has 0 spiro atoms. The number of hydrogen-bond acceptors (Lipinski definition) is 3. The average molecular weight is 271 g/mol. The van der Waals surface area contributed by atoms with E-state index in [0.29, 0.717) is 5.69 Å². The quantitative estimate of drug-likeness (QED) is 0.747. The van der Waals surface area contributed by atoms with Gasteiger partial charge < -0.3 is 14.8 Å². The van der Waals surface area contributed by atoms with Crippen molar-refractivity contribution in [3.63, 3.8) is 0 Å². The molecule has 0 amide bonds. The first-order valence-electron chi connectivity index (χ1n) is 6.03. The van der Waals surface area contributed by atoms with E-state index < -0.39 is 5.97 Å². The van der Waals surface area contributed by atoms with Gasteiger partial charge >= 0.3 is 5.97 Å². The summed E-state index contributed by atoms with van der Waals surface area (Å²) in [4.78, 5) is 11.0. The summed E-state index contributed by atoms with van der Waals surface area (Å²) in [5.74, 6) is -0.857. The van der Waals surface area contributed by atoms with Crippen molar-refractivity contribution in [2.24, 2.45) is 14.1 Å². The summed E-state index contributed by atoms with van der Waals surface area (Å²) in [6.07, 6.45) is 0. The third-order valence-electron chi connectivity index (χ3n) is 3.39. The Morgan fingerprint density at radius 3 is 2.55 bits per heavy atom. The van der Waals surface area contributed by atoms with E-state index in [0.717, 1.165) is 16.6 Å². The zero-order valence-electron chi connectivity index (χ0n) is 11.0. The van der Waals surface area contributed by atoms with Crippen molar-refractivity contribution in [2.45, 2.75) is 0 Å². The highest BCUT2D eigenvalue weighted by Gasteiger charge is 2.16. The molecule has 6 nitrogen and oxygen atoms in total. The van der Waals surface area contributed by atoms with Gasteiger partial charge in [0.1, 0.15) is 5.75 Å². The lowest BCUT2D eigenvalue weighted by Gasteiger charge is -2.04. The number of carboxylic acid groups (broad SMARTS) is 1. The van der Waals surface area contributed by atoms with E-state index >= 15 is 0 Å². The van der Waals surface area contributed by atoms with Gasteiger partial charge in [-0.25, -0.2) is 4.79 Å². The van der Waals surface area contributed by atoms with Crippen molar-refractivity contribution < 1.29 is 15.0 Å². The molecule has 0 saturated carbocycles. The first-order valence-corrected chi connectivity index (χ1v) is 6.03. The molecule has 3 rings (SSSR count). The molecule has 0 atom stereocenters. The van der Waals surface area contributed by atoms with Crippen LogP contribution in [0.5, 0.6) is 5.75 Å². The van der Waals surface area contributed by atoms with E-state index in [4.69, 9.17) is 5.11 Å². The fraction of sp³-hybridized carbons (Fsp3) is 0.143. The molecule has 0 bridgehead atoms. The molecule has 2 N–H and O–H groups in total. The number of fused-ring (bicyclic) bond motifs is 1. The molecule has 0 saturated heterocycles. The fourth-order valence-electron chi connectivity index (χ4n) is 2.38. The van der Waals surface area contributed by atoms with Crippen LogP contribution < -0.4 is 0 Å². The van der Waals surface area contributed by atoms with Gasteiger partial charge in [-0.1, -0.05) is 0 Å². The number of aromatic carboxylic acids is 1. The normalized spacial score (nSPS) is 11.1. The molecular weight excluding hydrogens is 258 g/mol. The Balaban J connectivity index is 2.24. The minimum atomic E-state index is -1.05. The Hall–Kier alpha value is -2.76. The predicted molar refractivity (Wildman–Crippen MR) is 73.7 cm³/mol. The van der Waals surface area contributed by atoms with E-state index in [1.54, 1.807) is 19.2 Å².